The number of benzene rings is 3. The molecule has 4 aromatic heterocycles. The number of halogens is 1. The first-order valence-electron chi connectivity index (χ1n) is 18.5. The number of para-hydroxylation sites is 1. The highest BCUT2D eigenvalue weighted by Gasteiger charge is 2.55. The Hall–Kier alpha value is -6.33. The minimum atomic E-state index is -4.22. The van der Waals surface area contributed by atoms with Gasteiger partial charge in [0.1, 0.15) is 11.6 Å². The smallest absolute Gasteiger partial charge is 0.323 e. The zero-order valence-corrected chi connectivity index (χ0v) is 32.7. The van der Waals surface area contributed by atoms with Gasteiger partial charge in [-0.2, -0.15) is 14.5 Å². The van der Waals surface area contributed by atoms with E-state index in [1.807, 2.05) is 56.4 Å². The van der Waals surface area contributed by atoms with Crippen LogP contribution in [0.5, 0.6) is 0 Å². The van der Waals surface area contributed by atoms with Crippen LogP contribution in [-0.2, 0) is 40.4 Å². The molecule has 0 spiro atoms. The molecule has 1 amide bonds. The summed E-state index contributed by atoms with van der Waals surface area (Å²) in [5, 5.41) is 17.2. The van der Waals surface area contributed by atoms with E-state index in [1.54, 1.807) is 64.6 Å². The van der Waals surface area contributed by atoms with Crippen molar-refractivity contribution in [1.82, 2.24) is 42.9 Å². The number of sulfonamides is 1. The van der Waals surface area contributed by atoms with E-state index in [0.29, 0.717) is 51.5 Å². The number of rotatable bonds is 8. The molecule has 57 heavy (non-hydrogen) atoms. The number of aromatic nitrogens is 7. The average Bonchev–Trinajstić information content (AvgIpc) is 3.67. The van der Waals surface area contributed by atoms with Crippen molar-refractivity contribution in [2.45, 2.75) is 50.7 Å². The Morgan fingerprint density at radius 2 is 1.75 bits per heavy atom. The van der Waals surface area contributed by atoms with E-state index in [9.17, 15) is 14.0 Å². The minimum Gasteiger partial charge on any atom is -0.323 e. The van der Waals surface area contributed by atoms with Crippen LogP contribution in [0.3, 0.4) is 0 Å². The molecule has 292 valence electrons. The van der Waals surface area contributed by atoms with Crippen LogP contribution in [-0.4, -0.2) is 71.9 Å². The zero-order valence-electron chi connectivity index (χ0n) is 31.8. The summed E-state index contributed by atoms with van der Waals surface area (Å²) in [5.74, 6) is -0.00528. The van der Waals surface area contributed by atoms with Gasteiger partial charge in [-0.1, -0.05) is 30.3 Å². The molecule has 9 rings (SSSR count). The van der Waals surface area contributed by atoms with Gasteiger partial charge in [-0.15, -0.1) is 0 Å². The molecule has 1 N–H and O–H groups in total. The standard InChI is InChI=1S/C40H39FN10O5S/c1-24-16-30(17-25(2)36(24)41)51-37(49-15-14-48(39(49)53)29-10-11-33-28(18-29)21-43-46(33)5)31-22-47(13-12-32(31)45-51)57(54,55)35-19-27-8-6-7-9-34(27)50(35)40(20-26(40)3)23-44-56-38(52)42-4/h6-11,14-19,21,23,26H,12-13,20,22H2,1-5H3,(H,42,52)/b44-23+/t26-,40-/m0/s1. The second-order valence-corrected chi connectivity index (χ2v) is 16.7. The lowest BCUT2D eigenvalue weighted by molar-refractivity contribution is 0.153. The lowest BCUT2D eigenvalue weighted by atomic mass is 10.1. The van der Waals surface area contributed by atoms with Crippen molar-refractivity contribution in [3.05, 3.63) is 118 Å². The van der Waals surface area contributed by atoms with Crippen molar-refractivity contribution in [2.75, 3.05) is 13.6 Å². The van der Waals surface area contributed by atoms with Gasteiger partial charge in [0.25, 0.3) is 10.0 Å². The Labute approximate surface area is 326 Å². The van der Waals surface area contributed by atoms with Crippen molar-refractivity contribution in [1.29, 1.82) is 0 Å². The van der Waals surface area contributed by atoms with Gasteiger partial charge >= 0.3 is 11.8 Å². The predicted molar refractivity (Wildman–Crippen MR) is 211 cm³/mol. The fraction of sp³-hybridized carbons (Fsp3) is 0.275. The van der Waals surface area contributed by atoms with E-state index in [4.69, 9.17) is 9.94 Å². The Balaban J connectivity index is 1.17. The summed E-state index contributed by atoms with van der Waals surface area (Å²) < 4.78 is 54.5. The summed E-state index contributed by atoms with van der Waals surface area (Å²) in [4.78, 5) is 31.2. The van der Waals surface area contributed by atoms with Crippen LogP contribution in [0.2, 0.25) is 0 Å². The number of nitrogens with zero attached hydrogens (tertiary/aromatic N) is 9. The molecule has 15 nitrogen and oxygen atoms in total. The third-order valence-electron chi connectivity index (χ3n) is 11.3. The molecule has 0 radical (unpaired) electrons. The van der Waals surface area contributed by atoms with Crippen LogP contribution in [0.15, 0.2) is 94.2 Å². The van der Waals surface area contributed by atoms with Crippen LogP contribution in [0.1, 0.15) is 35.7 Å². The van der Waals surface area contributed by atoms with Gasteiger partial charge in [0.2, 0.25) is 0 Å². The number of nitrogens with one attached hydrogen (secondary N) is 1. The number of imidazole rings is 1. The molecule has 2 atom stereocenters. The first kappa shape index (κ1) is 36.3. The summed E-state index contributed by atoms with van der Waals surface area (Å²) >= 11 is 0. The quantitative estimate of drug-likeness (QED) is 0.126. The number of carbonyl (C=O) groups is 1. The molecule has 0 unspecified atom stereocenters. The van der Waals surface area contributed by atoms with Gasteiger partial charge in [0.15, 0.2) is 5.03 Å². The zero-order chi connectivity index (χ0) is 40.0. The molecule has 1 aliphatic heterocycles. The lowest BCUT2D eigenvalue weighted by Crippen LogP contribution is -2.38. The third kappa shape index (κ3) is 5.70. The highest BCUT2D eigenvalue weighted by Crippen LogP contribution is 2.52. The molecule has 2 aliphatic rings. The first-order valence-corrected chi connectivity index (χ1v) is 19.9. The van der Waals surface area contributed by atoms with Gasteiger partial charge in [-0.25, -0.2) is 27.1 Å². The maximum absolute atomic E-state index is 15.0. The van der Waals surface area contributed by atoms with Gasteiger partial charge in [0.05, 0.1) is 46.1 Å². The van der Waals surface area contributed by atoms with Crippen LogP contribution in [0.25, 0.3) is 39.0 Å². The average molecular weight is 791 g/mol. The van der Waals surface area contributed by atoms with Crippen LogP contribution >= 0.6 is 0 Å². The van der Waals surface area contributed by atoms with E-state index in [-0.39, 0.29) is 36.3 Å². The molecule has 5 heterocycles. The van der Waals surface area contributed by atoms with Gasteiger partial charge in [-0.05, 0) is 79.8 Å². The molecule has 1 saturated carbocycles. The van der Waals surface area contributed by atoms with E-state index >= 15 is 8.42 Å². The van der Waals surface area contributed by atoms with E-state index < -0.39 is 27.3 Å². The second-order valence-electron chi connectivity index (χ2n) is 14.8. The van der Waals surface area contributed by atoms with Crippen molar-refractivity contribution in [3.8, 4) is 17.2 Å². The lowest BCUT2D eigenvalue weighted by Gasteiger charge is -2.28. The molecule has 1 fully saturated rings. The van der Waals surface area contributed by atoms with Gasteiger partial charge < -0.3 is 9.88 Å². The van der Waals surface area contributed by atoms with E-state index in [1.165, 1.54) is 26.7 Å². The second kappa shape index (κ2) is 13.1. The van der Waals surface area contributed by atoms with E-state index in [0.717, 1.165) is 16.3 Å². The van der Waals surface area contributed by atoms with E-state index in [2.05, 4.69) is 15.6 Å². The number of amides is 1. The fourth-order valence-corrected chi connectivity index (χ4v) is 9.79. The number of hydrogen-bond acceptors (Lipinski definition) is 8. The highest BCUT2D eigenvalue weighted by molar-refractivity contribution is 7.89. The Bertz CT molecular complexity index is 2970. The van der Waals surface area contributed by atoms with Gasteiger partial charge in [0, 0.05) is 62.3 Å². The van der Waals surface area contributed by atoms with Crippen molar-refractivity contribution in [2.24, 2.45) is 18.1 Å². The number of fused-ring (bicyclic) bond motifs is 3. The van der Waals surface area contributed by atoms with Crippen molar-refractivity contribution >= 4 is 44.1 Å². The third-order valence-corrected chi connectivity index (χ3v) is 13.1. The highest BCUT2D eigenvalue weighted by atomic mass is 32.2. The number of hydrogen-bond donors (Lipinski definition) is 1. The summed E-state index contributed by atoms with van der Waals surface area (Å²) in [6, 6.07) is 18.0. The molecular formula is C40H39FN10O5S. The van der Waals surface area contributed by atoms with Crippen molar-refractivity contribution in [3.63, 3.8) is 0 Å². The molecular weight excluding hydrogens is 752 g/mol. The summed E-state index contributed by atoms with van der Waals surface area (Å²) in [6.45, 7) is 5.35. The SMILES string of the molecule is CNC(=O)O/N=C/[C@@]1(n2c(S(=O)(=O)N3CCc4nn(-c5cc(C)c(F)c(C)c5)c(-n5ccn(-c6ccc7c(cnn7C)c6)c5=O)c4C3)cc3ccccc32)C[C@@H]1C. The summed E-state index contributed by atoms with van der Waals surface area (Å²) in [7, 11) is -0.951. The first-order chi connectivity index (χ1) is 27.3. The van der Waals surface area contributed by atoms with Crippen LogP contribution in [0.4, 0.5) is 9.18 Å². The topological polar surface area (TPSA) is 156 Å². The van der Waals surface area contributed by atoms with Crippen molar-refractivity contribution < 1.29 is 22.4 Å². The van der Waals surface area contributed by atoms with Crippen LogP contribution < -0.4 is 11.0 Å². The monoisotopic (exact) mass is 790 g/mol. The normalized spacial score (nSPS) is 18.5. The molecule has 7 aromatic rings. The largest absolute Gasteiger partial charge is 0.433 e. The Morgan fingerprint density at radius 3 is 2.49 bits per heavy atom. The number of carbonyl (C=O) groups excluding carboxylic acids is 1. The predicted octanol–water partition coefficient (Wildman–Crippen LogP) is 5.24. The molecule has 0 bridgehead atoms. The number of oxime groups is 1. The molecule has 17 heteroatoms. The molecule has 3 aromatic carbocycles. The Kier molecular flexibility index (Phi) is 8.36. The number of aryl methyl sites for hydroxylation is 3. The summed E-state index contributed by atoms with van der Waals surface area (Å²) in [6.07, 6.45) is 6.62. The summed E-state index contributed by atoms with van der Waals surface area (Å²) in [5.41, 5.74) is 3.47. The van der Waals surface area contributed by atoms with Gasteiger partial charge in [-0.3, -0.25) is 18.7 Å². The maximum atomic E-state index is 15.0. The molecule has 1 aliphatic carbocycles. The maximum Gasteiger partial charge on any atom is 0.433 e. The fourth-order valence-electron chi connectivity index (χ4n) is 8.12. The minimum absolute atomic E-state index is 0.0190. The van der Waals surface area contributed by atoms with Crippen LogP contribution in [0, 0.1) is 25.6 Å². The molecule has 0 saturated heterocycles. The Morgan fingerprint density at radius 1 is 1.02 bits per heavy atom.